The first-order valence-corrected chi connectivity index (χ1v) is 13.3. The van der Waals surface area contributed by atoms with Crippen molar-refractivity contribution < 1.29 is 13.2 Å². The molecule has 38 heavy (non-hydrogen) atoms. The zero-order valence-electron chi connectivity index (χ0n) is 21.7. The van der Waals surface area contributed by atoms with Crippen molar-refractivity contribution >= 4 is 23.1 Å². The van der Waals surface area contributed by atoms with Crippen LogP contribution in [-0.4, -0.2) is 45.3 Å². The van der Waals surface area contributed by atoms with Gasteiger partial charge in [0.05, 0.1) is 17.5 Å². The number of aromatic nitrogens is 3. The van der Waals surface area contributed by atoms with Gasteiger partial charge in [0, 0.05) is 36.0 Å². The Labute approximate surface area is 220 Å². The van der Waals surface area contributed by atoms with Crippen molar-refractivity contribution in [2.75, 3.05) is 7.05 Å². The van der Waals surface area contributed by atoms with E-state index in [-0.39, 0.29) is 18.0 Å². The molecule has 10 heteroatoms. The van der Waals surface area contributed by atoms with E-state index in [1.807, 2.05) is 31.2 Å². The van der Waals surface area contributed by atoms with Crippen LogP contribution in [0.15, 0.2) is 30.3 Å². The number of hydrogen-bond acceptors (Lipinski definition) is 5. The van der Waals surface area contributed by atoms with E-state index in [4.69, 9.17) is 10.8 Å². The molecule has 0 saturated heterocycles. The van der Waals surface area contributed by atoms with Gasteiger partial charge in [-0.3, -0.25) is 15.9 Å². The third-order valence-corrected chi connectivity index (χ3v) is 8.13. The molecule has 0 aliphatic heterocycles. The maximum absolute atomic E-state index is 13.9. The lowest BCUT2D eigenvalue weighted by Gasteiger charge is -2.36. The number of likely N-dealkylation sites (N-methyl/N-ethyl adjacent to an activating group) is 1. The van der Waals surface area contributed by atoms with Crippen molar-refractivity contribution in [2.24, 2.45) is 5.92 Å². The van der Waals surface area contributed by atoms with Gasteiger partial charge >= 0.3 is 6.18 Å². The largest absolute Gasteiger partial charge is 0.433 e. The summed E-state index contributed by atoms with van der Waals surface area (Å²) in [5.74, 6) is 0.441. The Balaban J connectivity index is 1.57. The summed E-state index contributed by atoms with van der Waals surface area (Å²) < 4.78 is 41.8. The Morgan fingerprint density at radius 2 is 1.89 bits per heavy atom. The molecule has 2 heterocycles. The van der Waals surface area contributed by atoms with Crippen molar-refractivity contribution in [3.63, 3.8) is 0 Å². The van der Waals surface area contributed by atoms with E-state index in [0.717, 1.165) is 62.9 Å². The fourth-order valence-electron chi connectivity index (χ4n) is 5.84. The average Bonchev–Trinajstić information content (AvgIpc) is 3.54. The van der Waals surface area contributed by atoms with E-state index in [0.29, 0.717) is 39.6 Å². The maximum atomic E-state index is 13.9. The van der Waals surface area contributed by atoms with Crippen LogP contribution in [0.3, 0.4) is 0 Å². The van der Waals surface area contributed by atoms with Gasteiger partial charge in [-0.1, -0.05) is 37.5 Å². The van der Waals surface area contributed by atoms with Gasteiger partial charge in [-0.25, -0.2) is 4.98 Å². The minimum absolute atomic E-state index is 0.195. The van der Waals surface area contributed by atoms with Crippen LogP contribution in [0.25, 0.3) is 22.2 Å². The molecule has 0 radical (unpaired) electrons. The second kappa shape index (κ2) is 10.5. The van der Waals surface area contributed by atoms with Crippen molar-refractivity contribution in [2.45, 2.75) is 76.0 Å². The summed E-state index contributed by atoms with van der Waals surface area (Å²) in [5, 5.41) is 27.6. The van der Waals surface area contributed by atoms with Crippen LogP contribution in [0.4, 0.5) is 13.2 Å². The minimum Gasteiger partial charge on any atom is -0.324 e. The Bertz CT molecular complexity index is 1320. The molecule has 2 atom stereocenters. The number of H-pyrrole nitrogens is 1. The molecule has 2 aliphatic rings. The second-order valence-electron chi connectivity index (χ2n) is 10.7. The van der Waals surface area contributed by atoms with Crippen LogP contribution in [0.2, 0.25) is 0 Å². The molecule has 202 valence electrons. The summed E-state index contributed by atoms with van der Waals surface area (Å²) in [6, 6.07) is 8.57. The third kappa shape index (κ3) is 5.06. The number of nitrogens with zero attached hydrogens (tertiary/aromatic N) is 3. The van der Waals surface area contributed by atoms with Crippen molar-refractivity contribution in [3.05, 3.63) is 47.3 Å². The van der Waals surface area contributed by atoms with Gasteiger partial charge < -0.3 is 10.2 Å². The highest BCUT2D eigenvalue weighted by atomic mass is 19.4. The highest BCUT2D eigenvalue weighted by molar-refractivity contribution is 5.96. The Morgan fingerprint density at radius 1 is 1.16 bits per heavy atom. The van der Waals surface area contributed by atoms with Crippen molar-refractivity contribution in [1.29, 1.82) is 10.8 Å². The fourth-order valence-corrected chi connectivity index (χ4v) is 5.84. The Kier molecular flexibility index (Phi) is 7.26. The summed E-state index contributed by atoms with van der Waals surface area (Å²) in [6.07, 6.45) is 3.92. The van der Waals surface area contributed by atoms with E-state index in [1.54, 1.807) is 7.05 Å². The molecular weight excluding hydrogens is 491 g/mol. The zero-order valence-corrected chi connectivity index (χ0v) is 21.7. The number of pyridine rings is 1. The predicted octanol–water partition coefficient (Wildman–Crippen LogP) is 6.64. The highest BCUT2D eigenvalue weighted by Gasteiger charge is 2.36. The quantitative estimate of drug-likeness (QED) is 0.196. The normalized spacial score (nSPS) is 18.3. The maximum Gasteiger partial charge on any atom is 0.433 e. The minimum atomic E-state index is -4.59. The average molecular weight is 526 g/mol. The lowest BCUT2D eigenvalue weighted by Crippen LogP contribution is -2.36. The van der Waals surface area contributed by atoms with Gasteiger partial charge in [0.2, 0.25) is 0 Å². The molecule has 2 aromatic heterocycles. The molecule has 2 fully saturated rings. The molecular formula is C28H34F3N7. The second-order valence-corrected chi connectivity index (χ2v) is 10.7. The molecule has 0 unspecified atom stereocenters. The zero-order chi connectivity index (χ0) is 27.0. The van der Waals surface area contributed by atoms with E-state index >= 15 is 0 Å². The van der Waals surface area contributed by atoms with E-state index in [1.165, 1.54) is 4.90 Å². The standard InChI is InChI=1S/C28H34F3N7/c1-16(34-20-11-3-4-12-20)24-26-21(14-22(35-24)28(29,30)31)25(36-37-26)19-10-6-9-18(13-19)23(17-7-5-8-17)27(33)38(2)15-32/h6,9-10,13-17,20,23,32-34H,3-5,7-8,11-12H2,1-2H3,(H,36,37)/t16-,23+/m0/s1. The van der Waals surface area contributed by atoms with Crippen LogP contribution >= 0.6 is 0 Å². The van der Waals surface area contributed by atoms with Gasteiger partial charge in [-0.05, 0) is 56.2 Å². The lowest BCUT2D eigenvalue weighted by atomic mass is 9.72. The smallest absolute Gasteiger partial charge is 0.324 e. The number of rotatable bonds is 8. The number of benzene rings is 1. The molecule has 0 bridgehead atoms. The molecule has 1 aromatic carbocycles. The first-order chi connectivity index (χ1) is 18.2. The Hall–Kier alpha value is -3.27. The van der Waals surface area contributed by atoms with E-state index in [9.17, 15) is 13.2 Å². The molecule has 0 amide bonds. The van der Waals surface area contributed by atoms with E-state index < -0.39 is 11.9 Å². The molecule has 0 spiro atoms. The summed E-state index contributed by atoms with van der Waals surface area (Å²) in [4.78, 5) is 5.55. The monoisotopic (exact) mass is 525 g/mol. The third-order valence-electron chi connectivity index (χ3n) is 8.13. The number of hydrogen-bond donors (Lipinski definition) is 4. The van der Waals surface area contributed by atoms with Crippen LogP contribution in [0.1, 0.15) is 80.8 Å². The number of fused-ring (bicyclic) bond motifs is 1. The lowest BCUT2D eigenvalue weighted by molar-refractivity contribution is -0.141. The van der Waals surface area contributed by atoms with Crippen LogP contribution < -0.4 is 5.32 Å². The summed E-state index contributed by atoms with van der Waals surface area (Å²) in [5.41, 5.74) is 1.92. The summed E-state index contributed by atoms with van der Waals surface area (Å²) in [6.45, 7) is 1.86. The van der Waals surface area contributed by atoms with Gasteiger partial charge in [-0.15, -0.1) is 0 Å². The molecule has 2 aliphatic carbocycles. The number of amidine groups is 1. The Morgan fingerprint density at radius 3 is 2.53 bits per heavy atom. The van der Waals surface area contributed by atoms with Gasteiger partial charge in [0.15, 0.2) is 0 Å². The van der Waals surface area contributed by atoms with Crippen LogP contribution in [0, 0.1) is 16.7 Å². The number of nitrogens with one attached hydrogen (secondary N) is 4. The molecule has 5 rings (SSSR count). The fraction of sp³-hybridized carbons (Fsp3) is 0.500. The van der Waals surface area contributed by atoms with E-state index in [2.05, 4.69) is 20.5 Å². The first-order valence-electron chi connectivity index (χ1n) is 13.3. The number of alkyl halides is 3. The topological polar surface area (TPSA) is 105 Å². The van der Waals surface area contributed by atoms with Gasteiger partial charge in [0.1, 0.15) is 17.2 Å². The number of aromatic amines is 1. The van der Waals surface area contributed by atoms with Crippen LogP contribution in [0.5, 0.6) is 0 Å². The molecule has 3 aromatic rings. The van der Waals surface area contributed by atoms with Gasteiger partial charge in [0.25, 0.3) is 0 Å². The first kappa shape index (κ1) is 26.3. The van der Waals surface area contributed by atoms with Crippen LogP contribution in [-0.2, 0) is 6.18 Å². The number of halogens is 3. The molecule has 7 nitrogen and oxygen atoms in total. The predicted molar refractivity (Wildman–Crippen MR) is 142 cm³/mol. The highest BCUT2D eigenvalue weighted by Crippen LogP contribution is 2.42. The molecule has 2 saturated carbocycles. The van der Waals surface area contributed by atoms with Crippen molar-refractivity contribution in [3.8, 4) is 11.3 Å². The van der Waals surface area contributed by atoms with Gasteiger partial charge in [-0.2, -0.15) is 18.3 Å². The summed E-state index contributed by atoms with van der Waals surface area (Å²) in [7, 11) is 1.69. The molecule has 4 N–H and O–H groups in total. The van der Waals surface area contributed by atoms with Crippen molar-refractivity contribution in [1.82, 2.24) is 25.4 Å². The summed E-state index contributed by atoms with van der Waals surface area (Å²) >= 11 is 0. The SMILES string of the molecule is C[C@H](NC1CCCC1)c1nc(C(F)(F)F)cc2c(-c3cccc([C@H](C(=N)N(C)C=N)C4CCC4)c3)n[nH]c12.